The van der Waals surface area contributed by atoms with Gasteiger partial charge >= 0.3 is 0 Å². The fourth-order valence-electron chi connectivity index (χ4n) is 1.37. The first-order valence-corrected chi connectivity index (χ1v) is 5.67. The quantitative estimate of drug-likeness (QED) is 0.749. The van der Waals surface area contributed by atoms with Crippen molar-refractivity contribution in [2.24, 2.45) is 5.41 Å². The Hall–Kier alpha value is -0.890. The lowest BCUT2D eigenvalue weighted by molar-refractivity contribution is 0.367. The smallest absolute Gasteiger partial charge is 0.0300 e. The third kappa shape index (κ3) is 6.24. The molecule has 0 saturated carbocycles. The molecule has 0 bridgehead atoms. The number of nitrogens with zero attached hydrogens (tertiary/aromatic N) is 1. The Morgan fingerprint density at radius 2 is 2.07 bits per heavy atom. The number of hydrogen-bond donors (Lipinski definition) is 1. The summed E-state index contributed by atoms with van der Waals surface area (Å²) in [6, 6.07) is 4.11. The Morgan fingerprint density at radius 1 is 1.27 bits per heavy atom. The molecule has 0 aliphatic rings. The van der Waals surface area contributed by atoms with E-state index in [4.69, 9.17) is 0 Å². The maximum Gasteiger partial charge on any atom is 0.0300 e. The van der Waals surface area contributed by atoms with Crippen molar-refractivity contribution in [3.8, 4) is 0 Å². The lowest BCUT2D eigenvalue weighted by Crippen LogP contribution is -2.22. The second-order valence-electron chi connectivity index (χ2n) is 5.17. The minimum atomic E-state index is 0.432. The van der Waals surface area contributed by atoms with Gasteiger partial charge in [0.2, 0.25) is 0 Å². The fraction of sp³-hybridized carbons (Fsp3) is 0.615. The molecule has 0 fully saturated rings. The standard InChI is InChI=1S/C13H22N2/c1-13(2,3)7-10-14-9-6-12-5-4-8-15-11-12/h4-5,8,11,14H,6-7,9-10H2,1-3H3. The highest BCUT2D eigenvalue weighted by Gasteiger charge is 2.08. The summed E-state index contributed by atoms with van der Waals surface area (Å²) in [7, 11) is 0. The van der Waals surface area contributed by atoms with Crippen LogP contribution in [0.1, 0.15) is 32.8 Å². The molecule has 1 rings (SSSR count). The van der Waals surface area contributed by atoms with Crippen molar-refractivity contribution in [1.82, 2.24) is 10.3 Å². The molecule has 0 aliphatic carbocycles. The van der Waals surface area contributed by atoms with Gasteiger partial charge in [0.05, 0.1) is 0 Å². The van der Waals surface area contributed by atoms with Gasteiger partial charge < -0.3 is 5.32 Å². The van der Waals surface area contributed by atoms with Crippen LogP contribution in [0.4, 0.5) is 0 Å². The third-order valence-electron chi connectivity index (χ3n) is 2.37. The first-order chi connectivity index (χ1) is 7.08. The number of rotatable bonds is 5. The Bertz CT molecular complexity index is 262. The lowest BCUT2D eigenvalue weighted by Gasteiger charge is -2.17. The zero-order chi connectivity index (χ0) is 11.1. The zero-order valence-electron chi connectivity index (χ0n) is 10.1. The number of aromatic nitrogens is 1. The van der Waals surface area contributed by atoms with E-state index in [-0.39, 0.29) is 0 Å². The zero-order valence-corrected chi connectivity index (χ0v) is 10.1. The maximum absolute atomic E-state index is 4.10. The molecule has 1 aromatic rings. The average molecular weight is 206 g/mol. The monoisotopic (exact) mass is 206 g/mol. The molecule has 2 heteroatoms. The Labute approximate surface area is 93.1 Å². The van der Waals surface area contributed by atoms with Gasteiger partial charge in [-0.1, -0.05) is 26.8 Å². The molecule has 1 heterocycles. The van der Waals surface area contributed by atoms with E-state index < -0.39 is 0 Å². The van der Waals surface area contributed by atoms with Crippen LogP contribution >= 0.6 is 0 Å². The largest absolute Gasteiger partial charge is 0.316 e. The lowest BCUT2D eigenvalue weighted by atomic mass is 9.92. The van der Waals surface area contributed by atoms with Crippen LogP contribution in [-0.4, -0.2) is 18.1 Å². The average Bonchev–Trinajstić information content (AvgIpc) is 2.17. The summed E-state index contributed by atoms with van der Waals surface area (Å²) in [5, 5.41) is 3.46. The van der Waals surface area contributed by atoms with Gasteiger partial charge in [-0.15, -0.1) is 0 Å². The Kier molecular flexibility index (Phi) is 4.76. The van der Waals surface area contributed by atoms with Crippen LogP contribution in [0, 0.1) is 5.41 Å². The van der Waals surface area contributed by atoms with Crippen molar-refractivity contribution in [2.75, 3.05) is 13.1 Å². The summed E-state index contributed by atoms with van der Waals surface area (Å²) < 4.78 is 0. The molecule has 1 N–H and O–H groups in total. The van der Waals surface area contributed by atoms with Crippen LogP contribution in [0.25, 0.3) is 0 Å². The summed E-state index contributed by atoms with van der Waals surface area (Å²) in [5.74, 6) is 0. The predicted octanol–water partition coefficient (Wildman–Crippen LogP) is 2.65. The molecular formula is C13H22N2. The van der Waals surface area contributed by atoms with Crippen LogP contribution in [0.5, 0.6) is 0 Å². The third-order valence-corrected chi connectivity index (χ3v) is 2.37. The van der Waals surface area contributed by atoms with Crippen LogP contribution in [-0.2, 0) is 6.42 Å². The number of nitrogens with one attached hydrogen (secondary N) is 1. The highest BCUT2D eigenvalue weighted by Crippen LogP contribution is 2.16. The minimum absolute atomic E-state index is 0.432. The molecule has 2 nitrogen and oxygen atoms in total. The second kappa shape index (κ2) is 5.86. The molecule has 0 unspecified atom stereocenters. The van der Waals surface area contributed by atoms with E-state index in [1.165, 1.54) is 12.0 Å². The van der Waals surface area contributed by atoms with Crippen LogP contribution in [0.3, 0.4) is 0 Å². The van der Waals surface area contributed by atoms with Crippen molar-refractivity contribution in [1.29, 1.82) is 0 Å². The van der Waals surface area contributed by atoms with Crippen LogP contribution < -0.4 is 5.32 Å². The molecule has 0 aromatic carbocycles. The molecular weight excluding hydrogens is 184 g/mol. The minimum Gasteiger partial charge on any atom is -0.316 e. The van der Waals surface area contributed by atoms with Gasteiger partial charge in [-0.2, -0.15) is 0 Å². The van der Waals surface area contributed by atoms with Crippen LogP contribution in [0.15, 0.2) is 24.5 Å². The highest BCUT2D eigenvalue weighted by atomic mass is 14.8. The molecule has 0 atom stereocenters. The second-order valence-corrected chi connectivity index (χ2v) is 5.17. The maximum atomic E-state index is 4.10. The van der Waals surface area contributed by atoms with Crippen molar-refractivity contribution in [2.45, 2.75) is 33.6 Å². The van der Waals surface area contributed by atoms with E-state index in [9.17, 15) is 0 Å². The topological polar surface area (TPSA) is 24.9 Å². The van der Waals surface area contributed by atoms with Gasteiger partial charge in [0.15, 0.2) is 0 Å². The summed E-state index contributed by atoms with van der Waals surface area (Å²) >= 11 is 0. The Balaban J connectivity index is 2.08. The predicted molar refractivity (Wildman–Crippen MR) is 64.9 cm³/mol. The fourth-order valence-corrected chi connectivity index (χ4v) is 1.37. The van der Waals surface area contributed by atoms with Gasteiger partial charge in [-0.25, -0.2) is 0 Å². The van der Waals surface area contributed by atoms with E-state index in [1.54, 1.807) is 0 Å². The Morgan fingerprint density at radius 3 is 2.67 bits per heavy atom. The molecule has 0 radical (unpaired) electrons. The summed E-state index contributed by atoms with van der Waals surface area (Å²) in [6.07, 6.45) is 6.04. The van der Waals surface area contributed by atoms with E-state index in [0.717, 1.165) is 19.5 Å². The number of hydrogen-bond acceptors (Lipinski definition) is 2. The number of pyridine rings is 1. The van der Waals surface area contributed by atoms with E-state index in [2.05, 4.69) is 37.1 Å². The van der Waals surface area contributed by atoms with Gasteiger partial charge in [0, 0.05) is 12.4 Å². The van der Waals surface area contributed by atoms with Crippen molar-refractivity contribution in [3.63, 3.8) is 0 Å². The van der Waals surface area contributed by atoms with E-state index in [1.807, 2.05) is 18.5 Å². The van der Waals surface area contributed by atoms with Crippen molar-refractivity contribution < 1.29 is 0 Å². The SMILES string of the molecule is CC(C)(C)CCNCCc1cccnc1. The van der Waals surface area contributed by atoms with Gasteiger partial charge in [-0.3, -0.25) is 4.98 Å². The van der Waals surface area contributed by atoms with Crippen molar-refractivity contribution >= 4 is 0 Å². The molecule has 0 saturated heterocycles. The molecule has 0 amide bonds. The van der Waals surface area contributed by atoms with E-state index >= 15 is 0 Å². The van der Waals surface area contributed by atoms with Gasteiger partial charge in [-0.05, 0) is 43.0 Å². The molecule has 15 heavy (non-hydrogen) atoms. The van der Waals surface area contributed by atoms with Gasteiger partial charge in [0.1, 0.15) is 0 Å². The summed E-state index contributed by atoms with van der Waals surface area (Å²) in [5.41, 5.74) is 1.74. The first-order valence-electron chi connectivity index (χ1n) is 5.67. The molecule has 0 spiro atoms. The first kappa shape index (κ1) is 12.2. The van der Waals surface area contributed by atoms with Crippen molar-refractivity contribution in [3.05, 3.63) is 30.1 Å². The summed E-state index contributed by atoms with van der Waals surface area (Å²) in [6.45, 7) is 8.97. The normalized spacial score (nSPS) is 11.7. The molecule has 0 aliphatic heterocycles. The molecule has 84 valence electrons. The summed E-state index contributed by atoms with van der Waals surface area (Å²) in [4.78, 5) is 4.10. The highest BCUT2D eigenvalue weighted by molar-refractivity contribution is 5.08. The van der Waals surface area contributed by atoms with Gasteiger partial charge in [0.25, 0.3) is 0 Å². The van der Waals surface area contributed by atoms with E-state index in [0.29, 0.717) is 5.41 Å². The molecule has 1 aromatic heterocycles. The van der Waals surface area contributed by atoms with Crippen LogP contribution in [0.2, 0.25) is 0 Å².